The Morgan fingerprint density at radius 3 is 2.30 bits per heavy atom. The minimum absolute atomic E-state index is 0.0905. The SMILES string of the molecule is O=C(NC(=S)Nc1nc2c(s1)CSc1ccccc1-2)c1ccc(C(=O)c2ccccc2)cc1. The molecule has 0 spiro atoms. The lowest BCUT2D eigenvalue weighted by molar-refractivity contribution is 0.0975. The Morgan fingerprint density at radius 2 is 1.52 bits per heavy atom. The lowest BCUT2D eigenvalue weighted by Crippen LogP contribution is -2.34. The second kappa shape index (κ2) is 9.27. The van der Waals surface area contributed by atoms with Crippen LogP contribution in [0, 0.1) is 0 Å². The largest absolute Gasteiger partial charge is 0.308 e. The van der Waals surface area contributed by atoms with Crippen molar-refractivity contribution >= 4 is 57.3 Å². The highest BCUT2D eigenvalue weighted by molar-refractivity contribution is 7.98. The minimum Gasteiger partial charge on any atom is -0.308 e. The van der Waals surface area contributed by atoms with E-state index in [1.165, 1.54) is 21.1 Å². The molecule has 0 saturated heterocycles. The zero-order chi connectivity index (χ0) is 22.8. The third-order valence-electron chi connectivity index (χ3n) is 5.09. The maximum Gasteiger partial charge on any atom is 0.257 e. The molecule has 0 atom stereocenters. The van der Waals surface area contributed by atoms with E-state index < -0.39 is 0 Å². The van der Waals surface area contributed by atoms with Gasteiger partial charge in [-0.1, -0.05) is 60.7 Å². The summed E-state index contributed by atoms with van der Waals surface area (Å²) in [6.45, 7) is 0. The number of fused-ring (bicyclic) bond motifs is 3. The first kappa shape index (κ1) is 21.5. The van der Waals surface area contributed by atoms with E-state index in [1.807, 2.05) is 30.3 Å². The highest BCUT2D eigenvalue weighted by atomic mass is 32.2. The number of amides is 1. The van der Waals surface area contributed by atoms with Crippen LogP contribution >= 0.6 is 35.3 Å². The average molecular weight is 488 g/mol. The van der Waals surface area contributed by atoms with Crippen LogP contribution in [0.15, 0.2) is 83.8 Å². The van der Waals surface area contributed by atoms with Gasteiger partial charge in [-0.25, -0.2) is 4.98 Å². The molecule has 4 aromatic rings. The number of hydrogen-bond donors (Lipinski definition) is 2. The van der Waals surface area contributed by atoms with Gasteiger partial charge >= 0.3 is 0 Å². The van der Waals surface area contributed by atoms with Crippen LogP contribution < -0.4 is 10.6 Å². The molecule has 1 aliphatic heterocycles. The van der Waals surface area contributed by atoms with Crippen LogP contribution in [0.4, 0.5) is 5.13 Å². The Bertz CT molecular complexity index is 1370. The number of thiocarbonyl (C=S) groups is 1. The average Bonchev–Trinajstić information content (AvgIpc) is 3.27. The van der Waals surface area contributed by atoms with E-state index in [4.69, 9.17) is 12.2 Å². The van der Waals surface area contributed by atoms with Gasteiger partial charge in [0.1, 0.15) is 0 Å². The van der Waals surface area contributed by atoms with Crippen LogP contribution in [-0.2, 0) is 5.75 Å². The number of hydrogen-bond acceptors (Lipinski definition) is 6. The van der Waals surface area contributed by atoms with Crippen molar-refractivity contribution in [1.29, 1.82) is 0 Å². The summed E-state index contributed by atoms with van der Waals surface area (Å²) in [5.74, 6) is 0.416. The van der Waals surface area contributed by atoms with Crippen molar-refractivity contribution in [3.8, 4) is 11.3 Å². The van der Waals surface area contributed by atoms with Gasteiger partial charge in [0.2, 0.25) is 0 Å². The molecule has 162 valence electrons. The lowest BCUT2D eigenvalue weighted by Gasteiger charge is -2.13. The van der Waals surface area contributed by atoms with Crippen LogP contribution in [-0.4, -0.2) is 21.8 Å². The van der Waals surface area contributed by atoms with Crippen molar-refractivity contribution in [1.82, 2.24) is 10.3 Å². The Labute approximate surface area is 204 Å². The van der Waals surface area contributed by atoms with Crippen molar-refractivity contribution in [2.75, 3.05) is 5.32 Å². The molecule has 1 amide bonds. The van der Waals surface area contributed by atoms with Gasteiger partial charge in [0.15, 0.2) is 16.0 Å². The summed E-state index contributed by atoms with van der Waals surface area (Å²) in [5, 5.41) is 6.53. The molecule has 2 heterocycles. The van der Waals surface area contributed by atoms with Gasteiger partial charge in [-0.3, -0.25) is 14.9 Å². The summed E-state index contributed by atoms with van der Waals surface area (Å²) in [7, 11) is 0. The number of benzene rings is 3. The van der Waals surface area contributed by atoms with E-state index in [9.17, 15) is 9.59 Å². The van der Waals surface area contributed by atoms with Gasteiger partial charge in [0, 0.05) is 37.8 Å². The van der Waals surface area contributed by atoms with Gasteiger partial charge in [0.25, 0.3) is 5.91 Å². The zero-order valence-electron chi connectivity index (χ0n) is 17.2. The van der Waals surface area contributed by atoms with E-state index in [2.05, 4.69) is 27.8 Å². The number of nitrogens with zero attached hydrogens (tertiary/aromatic N) is 1. The molecular weight excluding hydrogens is 470 g/mol. The fourth-order valence-corrected chi connectivity index (χ4v) is 5.84. The molecule has 0 radical (unpaired) electrons. The van der Waals surface area contributed by atoms with Gasteiger partial charge < -0.3 is 5.32 Å². The monoisotopic (exact) mass is 487 g/mol. The van der Waals surface area contributed by atoms with Crippen molar-refractivity contribution in [3.63, 3.8) is 0 Å². The van der Waals surface area contributed by atoms with Crippen LogP contribution in [0.2, 0.25) is 0 Å². The first-order valence-electron chi connectivity index (χ1n) is 10.1. The Morgan fingerprint density at radius 1 is 0.848 bits per heavy atom. The normalized spacial score (nSPS) is 11.8. The zero-order valence-corrected chi connectivity index (χ0v) is 19.7. The predicted octanol–water partition coefficient (Wildman–Crippen LogP) is 5.77. The summed E-state index contributed by atoms with van der Waals surface area (Å²) >= 11 is 8.65. The molecule has 2 N–H and O–H groups in total. The summed E-state index contributed by atoms with van der Waals surface area (Å²) < 4.78 is 0. The molecule has 0 saturated carbocycles. The highest BCUT2D eigenvalue weighted by Gasteiger charge is 2.21. The van der Waals surface area contributed by atoms with Gasteiger partial charge in [-0.15, -0.1) is 23.1 Å². The number of thioether (sulfide) groups is 1. The number of rotatable bonds is 4. The number of ketones is 1. The number of anilines is 1. The van der Waals surface area contributed by atoms with E-state index >= 15 is 0 Å². The maximum absolute atomic E-state index is 12.6. The number of nitrogens with one attached hydrogen (secondary N) is 2. The van der Waals surface area contributed by atoms with Crippen LogP contribution in [0.1, 0.15) is 31.2 Å². The Balaban J connectivity index is 1.24. The maximum atomic E-state index is 12.6. The predicted molar refractivity (Wildman–Crippen MR) is 137 cm³/mol. The molecule has 1 aromatic heterocycles. The summed E-state index contributed by atoms with van der Waals surface area (Å²) in [5.41, 5.74) is 3.61. The summed E-state index contributed by atoms with van der Waals surface area (Å²) in [6.07, 6.45) is 0. The molecule has 8 heteroatoms. The van der Waals surface area contributed by atoms with Crippen molar-refractivity contribution in [2.45, 2.75) is 10.6 Å². The van der Waals surface area contributed by atoms with Crippen molar-refractivity contribution in [3.05, 3.63) is 100 Å². The molecule has 0 aliphatic carbocycles. The topological polar surface area (TPSA) is 71.1 Å². The third kappa shape index (κ3) is 4.59. The fourth-order valence-electron chi connectivity index (χ4n) is 3.48. The lowest BCUT2D eigenvalue weighted by atomic mass is 10.0. The molecule has 3 aromatic carbocycles. The molecule has 0 bridgehead atoms. The Hall–Kier alpha value is -3.33. The quantitative estimate of drug-likeness (QED) is 0.281. The Kier molecular flexibility index (Phi) is 6.04. The smallest absolute Gasteiger partial charge is 0.257 e. The summed E-state index contributed by atoms with van der Waals surface area (Å²) in [4.78, 5) is 32.2. The standard InChI is InChI=1S/C25H17N3O2S3/c29-22(15-6-2-1-3-7-15)16-10-12-17(13-11-16)23(30)27-24(31)28-25-26-21-18-8-4-5-9-19(18)32-14-20(21)33-25/h1-13H,14H2,(H2,26,27,28,30,31). The number of thiazole rings is 1. The van der Waals surface area contributed by atoms with Gasteiger partial charge in [-0.2, -0.15) is 0 Å². The second-order valence-electron chi connectivity index (χ2n) is 7.26. The first-order chi connectivity index (χ1) is 16.1. The van der Waals surface area contributed by atoms with Crippen LogP contribution in [0.3, 0.4) is 0 Å². The molecule has 33 heavy (non-hydrogen) atoms. The van der Waals surface area contributed by atoms with Gasteiger partial charge in [-0.05, 0) is 30.4 Å². The highest BCUT2D eigenvalue weighted by Crippen LogP contribution is 2.44. The van der Waals surface area contributed by atoms with E-state index in [-0.39, 0.29) is 16.8 Å². The third-order valence-corrected chi connectivity index (χ3v) is 7.55. The number of aromatic nitrogens is 1. The minimum atomic E-state index is -0.353. The van der Waals surface area contributed by atoms with Crippen molar-refractivity contribution in [2.24, 2.45) is 0 Å². The molecular formula is C25H17N3O2S3. The number of carbonyl (C=O) groups is 2. The van der Waals surface area contributed by atoms with E-state index in [1.54, 1.807) is 48.2 Å². The van der Waals surface area contributed by atoms with Gasteiger partial charge in [0.05, 0.1) is 5.69 Å². The summed E-state index contributed by atoms with van der Waals surface area (Å²) in [6, 6.07) is 23.7. The van der Waals surface area contributed by atoms with Crippen LogP contribution in [0.5, 0.6) is 0 Å². The van der Waals surface area contributed by atoms with Crippen molar-refractivity contribution < 1.29 is 9.59 Å². The van der Waals surface area contributed by atoms with E-state index in [0.29, 0.717) is 21.8 Å². The molecule has 5 rings (SSSR count). The molecule has 0 fully saturated rings. The second-order valence-corrected chi connectivity index (χ2v) is 9.77. The molecule has 0 unspecified atom stereocenters. The van der Waals surface area contributed by atoms with E-state index in [0.717, 1.165) is 17.0 Å². The fraction of sp³-hybridized carbons (Fsp3) is 0.0400. The number of carbonyl (C=O) groups excluding carboxylic acids is 2. The first-order valence-corrected chi connectivity index (χ1v) is 12.3. The molecule has 1 aliphatic rings. The van der Waals surface area contributed by atoms with Crippen LogP contribution in [0.25, 0.3) is 11.3 Å². The molecule has 5 nitrogen and oxygen atoms in total.